The number of ether oxygens (including phenoxy) is 1. The molecule has 0 aliphatic rings. The summed E-state index contributed by atoms with van der Waals surface area (Å²) >= 11 is 0. The Morgan fingerprint density at radius 2 is 1.81 bits per heavy atom. The van der Waals surface area contributed by atoms with Crippen LogP contribution in [0.1, 0.15) is 17.5 Å². The van der Waals surface area contributed by atoms with Crippen molar-refractivity contribution in [1.82, 2.24) is 0 Å². The molecule has 1 amide bonds. The zero-order valence-corrected chi connectivity index (χ0v) is 9.66. The Labute approximate surface area is 94.6 Å². The van der Waals surface area contributed by atoms with E-state index in [-0.39, 0.29) is 12.3 Å². The van der Waals surface area contributed by atoms with Gasteiger partial charge in [0.05, 0.1) is 7.11 Å². The average molecular weight is 221 g/mol. The molecule has 4 nitrogen and oxygen atoms in total. The highest BCUT2D eigenvalue weighted by molar-refractivity contribution is 6.02. The number of aryl methyl sites for hydroxylation is 2. The Bertz CT molecular complexity index is 392. The Balaban J connectivity index is 2.73. The summed E-state index contributed by atoms with van der Waals surface area (Å²) in [5.74, 6) is -0.895. The number of hydrogen-bond donors (Lipinski definition) is 1. The van der Waals surface area contributed by atoms with E-state index in [4.69, 9.17) is 0 Å². The van der Waals surface area contributed by atoms with Crippen LogP contribution >= 0.6 is 0 Å². The van der Waals surface area contributed by atoms with Crippen LogP contribution in [0.25, 0.3) is 0 Å². The lowest BCUT2D eigenvalue weighted by molar-refractivity contribution is -0.142. The second-order valence-corrected chi connectivity index (χ2v) is 3.57. The van der Waals surface area contributed by atoms with Gasteiger partial charge in [0.2, 0.25) is 5.91 Å². The van der Waals surface area contributed by atoms with Crippen molar-refractivity contribution in [2.75, 3.05) is 12.4 Å². The van der Waals surface area contributed by atoms with Gasteiger partial charge in [-0.1, -0.05) is 18.2 Å². The second-order valence-electron chi connectivity index (χ2n) is 3.57. The van der Waals surface area contributed by atoms with Crippen LogP contribution in [0.5, 0.6) is 0 Å². The monoisotopic (exact) mass is 221 g/mol. The molecular weight excluding hydrogens is 206 g/mol. The summed E-state index contributed by atoms with van der Waals surface area (Å²) in [7, 11) is 1.26. The molecule has 0 saturated heterocycles. The maximum atomic E-state index is 11.5. The number of amides is 1. The van der Waals surface area contributed by atoms with Crippen LogP contribution in [0.15, 0.2) is 18.2 Å². The van der Waals surface area contributed by atoms with Crippen LogP contribution in [0.4, 0.5) is 5.69 Å². The van der Waals surface area contributed by atoms with E-state index in [1.165, 1.54) is 7.11 Å². The standard InChI is InChI=1S/C12H15NO3/c1-8-5-4-6-9(2)12(8)13-10(14)7-11(15)16-3/h4-6H,7H2,1-3H3,(H,13,14). The van der Waals surface area contributed by atoms with Gasteiger partial charge in [-0.3, -0.25) is 9.59 Å². The lowest BCUT2D eigenvalue weighted by Gasteiger charge is -2.10. The van der Waals surface area contributed by atoms with Gasteiger partial charge >= 0.3 is 5.97 Å². The first-order valence-electron chi connectivity index (χ1n) is 4.97. The smallest absolute Gasteiger partial charge is 0.315 e. The van der Waals surface area contributed by atoms with Crippen molar-refractivity contribution in [2.24, 2.45) is 0 Å². The normalized spacial score (nSPS) is 9.69. The minimum absolute atomic E-state index is 0.260. The number of benzene rings is 1. The summed E-state index contributed by atoms with van der Waals surface area (Å²) in [4.78, 5) is 22.4. The SMILES string of the molecule is COC(=O)CC(=O)Nc1c(C)cccc1C. The van der Waals surface area contributed by atoms with Gasteiger partial charge in [0.15, 0.2) is 0 Å². The second kappa shape index (κ2) is 5.30. The lowest BCUT2D eigenvalue weighted by atomic mass is 10.1. The number of hydrogen-bond acceptors (Lipinski definition) is 3. The minimum Gasteiger partial charge on any atom is -0.469 e. The van der Waals surface area contributed by atoms with Gasteiger partial charge < -0.3 is 10.1 Å². The van der Waals surface area contributed by atoms with Gasteiger partial charge in [-0.15, -0.1) is 0 Å². The fraction of sp³-hybridized carbons (Fsp3) is 0.333. The Morgan fingerprint density at radius 1 is 1.25 bits per heavy atom. The molecule has 0 fully saturated rings. The maximum Gasteiger partial charge on any atom is 0.315 e. The lowest BCUT2D eigenvalue weighted by Crippen LogP contribution is -2.18. The van der Waals surface area contributed by atoms with Crippen LogP contribution in [0, 0.1) is 13.8 Å². The first-order chi connectivity index (χ1) is 7.54. The highest BCUT2D eigenvalue weighted by atomic mass is 16.5. The molecule has 1 aromatic carbocycles. The number of para-hydroxylation sites is 1. The number of anilines is 1. The largest absolute Gasteiger partial charge is 0.469 e. The zero-order chi connectivity index (χ0) is 12.1. The van der Waals surface area contributed by atoms with Gasteiger partial charge in [-0.05, 0) is 25.0 Å². The summed E-state index contributed by atoms with van der Waals surface area (Å²) in [6.45, 7) is 3.81. The van der Waals surface area contributed by atoms with Gasteiger partial charge in [0.1, 0.15) is 6.42 Å². The maximum absolute atomic E-state index is 11.5. The first-order valence-corrected chi connectivity index (χ1v) is 4.97. The molecule has 0 spiro atoms. The molecule has 0 aromatic heterocycles. The highest BCUT2D eigenvalue weighted by Gasteiger charge is 2.11. The molecule has 0 saturated carbocycles. The molecule has 0 heterocycles. The summed E-state index contributed by atoms with van der Waals surface area (Å²) in [6.07, 6.45) is -0.260. The van der Waals surface area contributed by atoms with Gasteiger partial charge in [-0.25, -0.2) is 0 Å². The fourth-order valence-electron chi connectivity index (χ4n) is 1.40. The Kier molecular flexibility index (Phi) is 4.05. The van der Waals surface area contributed by atoms with Crippen LogP contribution in [-0.4, -0.2) is 19.0 Å². The summed E-state index contributed by atoms with van der Waals surface area (Å²) in [6, 6.07) is 5.72. The van der Waals surface area contributed by atoms with Crippen molar-refractivity contribution in [3.8, 4) is 0 Å². The molecule has 4 heteroatoms. The molecule has 0 bridgehead atoms. The number of nitrogens with one attached hydrogen (secondary N) is 1. The predicted molar refractivity (Wildman–Crippen MR) is 61.2 cm³/mol. The number of rotatable bonds is 3. The molecular formula is C12H15NO3. The van der Waals surface area contributed by atoms with E-state index >= 15 is 0 Å². The highest BCUT2D eigenvalue weighted by Crippen LogP contribution is 2.19. The van der Waals surface area contributed by atoms with Crippen molar-refractivity contribution in [1.29, 1.82) is 0 Å². The van der Waals surface area contributed by atoms with Crippen LogP contribution < -0.4 is 5.32 Å². The van der Waals surface area contributed by atoms with E-state index in [0.29, 0.717) is 0 Å². The third-order valence-electron chi connectivity index (χ3n) is 2.28. The molecule has 1 rings (SSSR count). The van der Waals surface area contributed by atoms with Crippen molar-refractivity contribution in [3.63, 3.8) is 0 Å². The van der Waals surface area contributed by atoms with Crippen LogP contribution in [0.2, 0.25) is 0 Å². The van der Waals surface area contributed by atoms with E-state index in [9.17, 15) is 9.59 Å². The van der Waals surface area contributed by atoms with Crippen molar-refractivity contribution in [3.05, 3.63) is 29.3 Å². The third kappa shape index (κ3) is 3.08. The van der Waals surface area contributed by atoms with Gasteiger partial charge in [-0.2, -0.15) is 0 Å². The van der Waals surface area contributed by atoms with E-state index in [1.54, 1.807) is 0 Å². The molecule has 16 heavy (non-hydrogen) atoms. The number of esters is 1. The van der Waals surface area contributed by atoms with Crippen LogP contribution in [-0.2, 0) is 14.3 Å². The summed E-state index contributed by atoms with van der Waals surface area (Å²) < 4.78 is 4.42. The topological polar surface area (TPSA) is 55.4 Å². The number of carbonyl (C=O) groups is 2. The quantitative estimate of drug-likeness (QED) is 0.625. The van der Waals surface area contributed by atoms with Crippen molar-refractivity contribution in [2.45, 2.75) is 20.3 Å². The zero-order valence-electron chi connectivity index (χ0n) is 9.66. The summed E-state index contributed by atoms with van der Waals surface area (Å²) in [5, 5.41) is 2.70. The van der Waals surface area contributed by atoms with Crippen LogP contribution in [0.3, 0.4) is 0 Å². The molecule has 0 atom stereocenters. The minimum atomic E-state index is -0.538. The molecule has 1 N–H and O–H groups in total. The molecule has 0 aliphatic carbocycles. The van der Waals surface area contributed by atoms with Crippen molar-refractivity contribution >= 4 is 17.6 Å². The molecule has 1 aromatic rings. The number of carbonyl (C=O) groups excluding carboxylic acids is 2. The molecule has 86 valence electrons. The number of methoxy groups -OCH3 is 1. The fourth-order valence-corrected chi connectivity index (χ4v) is 1.40. The first kappa shape index (κ1) is 12.2. The third-order valence-corrected chi connectivity index (χ3v) is 2.28. The molecule has 0 radical (unpaired) electrons. The van der Waals surface area contributed by atoms with Gasteiger partial charge in [0, 0.05) is 5.69 Å². The Morgan fingerprint density at radius 3 is 2.31 bits per heavy atom. The predicted octanol–water partition coefficient (Wildman–Crippen LogP) is 1.81. The van der Waals surface area contributed by atoms with E-state index < -0.39 is 5.97 Å². The average Bonchev–Trinajstić information content (AvgIpc) is 2.23. The van der Waals surface area contributed by atoms with Gasteiger partial charge in [0.25, 0.3) is 0 Å². The molecule has 0 aliphatic heterocycles. The van der Waals surface area contributed by atoms with E-state index in [1.807, 2.05) is 32.0 Å². The van der Waals surface area contributed by atoms with E-state index in [2.05, 4.69) is 10.1 Å². The molecule has 0 unspecified atom stereocenters. The Hall–Kier alpha value is -1.84. The van der Waals surface area contributed by atoms with E-state index in [0.717, 1.165) is 16.8 Å². The summed E-state index contributed by atoms with van der Waals surface area (Å²) in [5.41, 5.74) is 2.70. The van der Waals surface area contributed by atoms with Crippen molar-refractivity contribution < 1.29 is 14.3 Å².